The zero-order valence-corrected chi connectivity index (χ0v) is 9.24. The third-order valence-corrected chi connectivity index (χ3v) is 3.38. The van der Waals surface area contributed by atoms with Crippen LogP contribution in [0.5, 0.6) is 0 Å². The Kier molecular flexibility index (Phi) is 2.31. The Morgan fingerprint density at radius 3 is 2.88 bits per heavy atom. The molecule has 0 spiro atoms. The van der Waals surface area contributed by atoms with Crippen molar-refractivity contribution in [1.29, 1.82) is 0 Å². The van der Waals surface area contributed by atoms with E-state index in [2.05, 4.69) is 11.1 Å². The number of nitrogens with zero attached hydrogens (tertiary/aromatic N) is 1. The van der Waals surface area contributed by atoms with Crippen LogP contribution in [0.25, 0.3) is 0 Å². The highest BCUT2D eigenvalue weighted by Gasteiger charge is 2.25. The molecule has 0 saturated carbocycles. The molecule has 2 heterocycles. The maximum atomic E-state index is 12.1. The minimum Gasteiger partial charge on any atom is -0.469 e. The molecule has 3 nitrogen and oxygen atoms in total. The van der Waals surface area contributed by atoms with E-state index in [0.717, 1.165) is 42.8 Å². The van der Waals surface area contributed by atoms with Crippen LogP contribution in [0.1, 0.15) is 35.4 Å². The van der Waals surface area contributed by atoms with Gasteiger partial charge in [0.15, 0.2) is 5.78 Å². The van der Waals surface area contributed by atoms with Crippen LogP contribution in [-0.2, 0) is 6.42 Å². The summed E-state index contributed by atoms with van der Waals surface area (Å²) in [5, 5.41) is 0. The lowest BCUT2D eigenvalue weighted by Crippen LogP contribution is -2.18. The first-order valence-corrected chi connectivity index (χ1v) is 5.90. The van der Waals surface area contributed by atoms with Crippen molar-refractivity contribution in [2.75, 3.05) is 13.1 Å². The van der Waals surface area contributed by atoms with Gasteiger partial charge in [-0.05, 0) is 25.3 Å². The summed E-state index contributed by atoms with van der Waals surface area (Å²) >= 11 is 0. The lowest BCUT2D eigenvalue weighted by molar-refractivity contribution is 0.102. The van der Waals surface area contributed by atoms with Gasteiger partial charge in [0.2, 0.25) is 0 Å². The minimum atomic E-state index is 0.155. The summed E-state index contributed by atoms with van der Waals surface area (Å²) in [4.78, 5) is 14.4. The number of allylic oxidation sites excluding steroid dienone is 1. The Bertz CT molecular complexity index is 439. The topological polar surface area (TPSA) is 33.5 Å². The van der Waals surface area contributed by atoms with Crippen molar-refractivity contribution in [3.8, 4) is 0 Å². The first kappa shape index (κ1) is 9.70. The van der Waals surface area contributed by atoms with E-state index in [0.29, 0.717) is 0 Å². The zero-order chi connectivity index (χ0) is 11.0. The monoisotopic (exact) mass is 217 g/mol. The van der Waals surface area contributed by atoms with Crippen molar-refractivity contribution in [1.82, 2.24) is 4.90 Å². The molecule has 0 aromatic carbocycles. The van der Waals surface area contributed by atoms with Crippen LogP contribution in [0, 0.1) is 0 Å². The average molecular weight is 217 g/mol. The Morgan fingerprint density at radius 2 is 2.06 bits per heavy atom. The second-order valence-electron chi connectivity index (χ2n) is 4.48. The number of ketones is 1. The van der Waals surface area contributed by atoms with Crippen molar-refractivity contribution in [3.63, 3.8) is 0 Å². The minimum absolute atomic E-state index is 0.155. The van der Waals surface area contributed by atoms with Gasteiger partial charge in [0.25, 0.3) is 0 Å². The molecular weight excluding hydrogens is 202 g/mol. The molecule has 1 fully saturated rings. The molecule has 2 aliphatic rings. The van der Waals surface area contributed by atoms with E-state index in [-0.39, 0.29) is 5.78 Å². The Morgan fingerprint density at radius 1 is 1.25 bits per heavy atom. The van der Waals surface area contributed by atoms with Gasteiger partial charge in [0.05, 0.1) is 11.8 Å². The molecule has 0 radical (unpaired) electrons. The van der Waals surface area contributed by atoms with E-state index >= 15 is 0 Å². The predicted molar refractivity (Wildman–Crippen MR) is 60.2 cm³/mol. The summed E-state index contributed by atoms with van der Waals surface area (Å²) in [7, 11) is 0. The second-order valence-corrected chi connectivity index (χ2v) is 4.48. The molecule has 0 amide bonds. The standard InChI is InChI=1S/C13H15NO2/c15-13-10(9-14-6-1-2-7-14)3-4-12-11(13)5-8-16-12/h5,8-9H,1-4,6-7H2/b10-9+. The van der Waals surface area contributed by atoms with Crippen molar-refractivity contribution in [2.24, 2.45) is 0 Å². The summed E-state index contributed by atoms with van der Waals surface area (Å²) in [6, 6.07) is 1.79. The Hall–Kier alpha value is -1.51. The number of fused-ring (bicyclic) bond motifs is 1. The van der Waals surface area contributed by atoms with Crippen LogP contribution in [0.3, 0.4) is 0 Å². The molecular formula is C13H15NO2. The fraction of sp³-hybridized carbons (Fsp3) is 0.462. The Labute approximate surface area is 94.7 Å². The molecule has 0 bridgehead atoms. The molecule has 0 atom stereocenters. The summed E-state index contributed by atoms with van der Waals surface area (Å²) < 4.78 is 5.28. The van der Waals surface area contributed by atoms with Gasteiger partial charge in [-0.25, -0.2) is 0 Å². The van der Waals surface area contributed by atoms with Crippen molar-refractivity contribution in [2.45, 2.75) is 25.7 Å². The number of carbonyl (C=O) groups is 1. The van der Waals surface area contributed by atoms with E-state index in [1.54, 1.807) is 12.3 Å². The van der Waals surface area contributed by atoms with E-state index in [1.165, 1.54) is 12.8 Å². The summed E-state index contributed by atoms with van der Waals surface area (Å²) in [5.74, 6) is 1.01. The highest BCUT2D eigenvalue weighted by atomic mass is 16.3. The van der Waals surface area contributed by atoms with Gasteiger partial charge in [-0.15, -0.1) is 0 Å². The molecule has 16 heavy (non-hydrogen) atoms. The van der Waals surface area contributed by atoms with Gasteiger partial charge in [-0.2, -0.15) is 0 Å². The normalized spacial score (nSPS) is 22.9. The van der Waals surface area contributed by atoms with Crippen molar-refractivity contribution < 1.29 is 9.21 Å². The fourth-order valence-electron chi connectivity index (χ4n) is 2.49. The first-order valence-electron chi connectivity index (χ1n) is 5.90. The summed E-state index contributed by atoms with van der Waals surface area (Å²) in [5.41, 5.74) is 1.70. The van der Waals surface area contributed by atoms with Crippen molar-refractivity contribution >= 4 is 5.78 Å². The highest BCUT2D eigenvalue weighted by molar-refractivity contribution is 6.10. The van der Waals surface area contributed by atoms with Gasteiger partial charge < -0.3 is 9.32 Å². The van der Waals surface area contributed by atoms with Gasteiger partial charge in [-0.3, -0.25) is 4.79 Å². The molecule has 1 aromatic rings. The SMILES string of the molecule is O=C1/C(=C/N2CCCC2)CCc2occc21. The molecule has 3 rings (SSSR count). The predicted octanol–water partition coefficient (Wildman–Crippen LogP) is 2.39. The molecule has 0 N–H and O–H groups in total. The van der Waals surface area contributed by atoms with Crippen LogP contribution in [0.2, 0.25) is 0 Å². The molecule has 3 heteroatoms. The maximum Gasteiger partial charge on any atom is 0.193 e. The number of carbonyl (C=O) groups excluding carboxylic acids is 1. The van der Waals surface area contributed by atoms with Crippen LogP contribution in [0.4, 0.5) is 0 Å². The average Bonchev–Trinajstić information content (AvgIpc) is 2.93. The van der Waals surface area contributed by atoms with Gasteiger partial charge in [0.1, 0.15) is 5.76 Å². The van der Waals surface area contributed by atoms with Crippen LogP contribution < -0.4 is 0 Å². The number of furan rings is 1. The number of Topliss-reactive ketones (excluding diaryl/α,β-unsaturated/α-hetero) is 1. The number of likely N-dealkylation sites (tertiary alicyclic amines) is 1. The van der Waals surface area contributed by atoms with E-state index in [1.807, 2.05) is 0 Å². The van der Waals surface area contributed by atoms with E-state index in [4.69, 9.17) is 4.42 Å². The number of hydrogen-bond acceptors (Lipinski definition) is 3. The van der Waals surface area contributed by atoms with E-state index in [9.17, 15) is 4.79 Å². The molecule has 1 aliphatic heterocycles. The quantitative estimate of drug-likeness (QED) is 0.677. The zero-order valence-electron chi connectivity index (χ0n) is 9.24. The van der Waals surface area contributed by atoms with Crippen LogP contribution >= 0.6 is 0 Å². The van der Waals surface area contributed by atoms with E-state index < -0.39 is 0 Å². The van der Waals surface area contributed by atoms with Crippen molar-refractivity contribution in [3.05, 3.63) is 35.4 Å². The largest absolute Gasteiger partial charge is 0.469 e. The molecule has 0 unspecified atom stereocenters. The summed E-state index contributed by atoms with van der Waals surface area (Å²) in [6.45, 7) is 2.18. The fourth-order valence-corrected chi connectivity index (χ4v) is 2.49. The smallest absolute Gasteiger partial charge is 0.193 e. The van der Waals surface area contributed by atoms with Gasteiger partial charge in [0, 0.05) is 31.3 Å². The molecule has 1 saturated heterocycles. The third-order valence-electron chi connectivity index (χ3n) is 3.38. The van der Waals surface area contributed by atoms with Gasteiger partial charge in [-0.1, -0.05) is 0 Å². The van der Waals surface area contributed by atoms with Crippen LogP contribution in [0.15, 0.2) is 28.5 Å². The lowest BCUT2D eigenvalue weighted by Gasteiger charge is -2.17. The lowest BCUT2D eigenvalue weighted by atomic mass is 9.92. The second kappa shape index (κ2) is 3.81. The van der Waals surface area contributed by atoms with Gasteiger partial charge >= 0.3 is 0 Å². The molecule has 84 valence electrons. The number of rotatable bonds is 1. The van der Waals surface area contributed by atoms with Crippen LogP contribution in [-0.4, -0.2) is 23.8 Å². The Balaban J connectivity index is 1.86. The molecule has 1 aromatic heterocycles. The number of aryl methyl sites for hydroxylation is 1. The first-order chi connectivity index (χ1) is 7.84. The maximum absolute atomic E-state index is 12.1. The molecule has 1 aliphatic carbocycles. The summed E-state index contributed by atoms with van der Waals surface area (Å²) in [6.07, 6.45) is 7.83. The highest BCUT2D eigenvalue weighted by Crippen LogP contribution is 2.26. The number of hydrogen-bond donors (Lipinski definition) is 0. The third kappa shape index (κ3) is 1.56.